The predicted octanol–water partition coefficient (Wildman–Crippen LogP) is 6.89. The molecule has 236 valence electrons. The van der Waals surface area contributed by atoms with Crippen molar-refractivity contribution in [3.05, 3.63) is 102 Å². The van der Waals surface area contributed by atoms with E-state index in [1.54, 1.807) is 74.8 Å². The van der Waals surface area contributed by atoms with Gasteiger partial charge in [0.15, 0.2) is 0 Å². The SMILES string of the molecule is CCN(C/C=C/C(=O)N(C)C)C1(COc2ccc(/C(=C(/CC(F)(F)F)c3ccccc3)c3ccc4n[nH]c(F)c4c3)cn2)CC1. The van der Waals surface area contributed by atoms with Crippen molar-refractivity contribution in [1.29, 1.82) is 0 Å². The van der Waals surface area contributed by atoms with Crippen LogP contribution in [0.4, 0.5) is 17.6 Å². The third-order valence-corrected chi connectivity index (χ3v) is 8.02. The van der Waals surface area contributed by atoms with Crippen LogP contribution in [-0.2, 0) is 4.79 Å². The number of nitrogens with one attached hydrogen (secondary N) is 1. The van der Waals surface area contributed by atoms with E-state index in [1.165, 1.54) is 17.2 Å². The lowest BCUT2D eigenvalue weighted by molar-refractivity contribution is -0.124. The van der Waals surface area contributed by atoms with Crippen molar-refractivity contribution in [3.63, 3.8) is 0 Å². The Kier molecular flexibility index (Phi) is 9.38. The summed E-state index contributed by atoms with van der Waals surface area (Å²) in [6, 6.07) is 16.4. The summed E-state index contributed by atoms with van der Waals surface area (Å²) < 4.78 is 62.6. The van der Waals surface area contributed by atoms with Gasteiger partial charge in [-0.3, -0.25) is 14.8 Å². The molecule has 1 aliphatic carbocycles. The molecule has 1 fully saturated rings. The number of alkyl halides is 3. The van der Waals surface area contributed by atoms with Gasteiger partial charge in [-0.15, -0.1) is 0 Å². The summed E-state index contributed by atoms with van der Waals surface area (Å²) in [6.07, 6.45) is 1.08. The highest BCUT2D eigenvalue weighted by atomic mass is 19.4. The summed E-state index contributed by atoms with van der Waals surface area (Å²) in [4.78, 5) is 20.2. The zero-order chi connectivity index (χ0) is 32.2. The molecule has 0 atom stereocenters. The predicted molar refractivity (Wildman–Crippen MR) is 166 cm³/mol. The van der Waals surface area contributed by atoms with Crippen LogP contribution in [0.2, 0.25) is 0 Å². The molecule has 0 spiro atoms. The number of allylic oxidation sites excluding steroid dienone is 1. The zero-order valence-electron chi connectivity index (χ0n) is 25.4. The molecule has 0 aliphatic heterocycles. The van der Waals surface area contributed by atoms with Crippen molar-refractivity contribution in [1.82, 2.24) is 25.0 Å². The number of halogens is 4. The summed E-state index contributed by atoms with van der Waals surface area (Å²) >= 11 is 0. The maximum absolute atomic E-state index is 14.5. The van der Waals surface area contributed by atoms with Gasteiger partial charge >= 0.3 is 6.18 Å². The van der Waals surface area contributed by atoms with Crippen LogP contribution in [-0.4, -0.2) is 76.4 Å². The Morgan fingerprint density at radius 2 is 1.78 bits per heavy atom. The second-order valence-corrected chi connectivity index (χ2v) is 11.4. The lowest BCUT2D eigenvalue weighted by Gasteiger charge is -2.29. The third-order valence-electron chi connectivity index (χ3n) is 8.02. The quantitative estimate of drug-likeness (QED) is 0.106. The Hall–Kier alpha value is -4.51. The fourth-order valence-electron chi connectivity index (χ4n) is 5.43. The topological polar surface area (TPSA) is 74.3 Å². The number of nitrogens with zero attached hydrogens (tertiary/aromatic N) is 4. The molecule has 11 heteroatoms. The summed E-state index contributed by atoms with van der Waals surface area (Å²) in [5, 5.41) is 6.37. The Morgan fingerprint density at radius 3 is 2.40 bits per heavy atom. The molecule has 45 heavy (non-hydrogen) atoms. The molecule has 1 saturated carbocycles. The molecule has 1 N–H and O–H groups in total. The summed E-state index contributed by atoms with van der Waals surface area (Å²) in [6.45, 7) is 3.81. The van der Waals surface area contributed by atoms with E-state index in [-0.39, 0.29) is 28.0 Å². The maximum Gasteiger partial charge on any atom is 0.393 e. The number of carbonyl (C=O) groups excluding carboxylic acids is 1. The molecule has 4 aromatic rings. The number of pyridine rings is 1. The van der Waals surface area contributed by atoms with Gasteiger partial charge in [-0.2, -0.15) is 22.7 Å². The number of benzene rings is 2. The van der Waals surface area contributed by atoms with Crippen LogP contribution >= 0.6 is 0 Å². The molecule has 2 heterocycles. The molecular weight excluding hydrogens is 586 g/mol. The van der Waals surface area contributed by atoms with Crippen LogP contribution in [0.1, 0.15) is 42.9 Å². The van der Waals surface area contributed by atoms with E-state index in [0.29, 0.717) is 41.2 Å². The Morgan fingerprint density at radius 1 is 1.04 bits per heavy atom. The van der Waals surface area contributed by atoms with Gasteiger partial charge in [0.05, 0.1) is 22.9 Å². The normalized spacial score (nSPS) is 15.0. The molecule has 2 aromatic heterocycles. The average Bonchev–Trinajstić information content (AvgIpc) is 3.73. The molecule has 0 radical (unpaired) electrons. The van der Waals surface area contributed by atoms with Crippen LogP contribution in [0.5, 0.6) is 5.88 Å². The number of H-pyrrole nitrogens is 1. The van der Waals surface area contributed by atoms with Crippen molar-refractivity contribution in [3.8, 4) is 5.88 Å². The second kappa shape index (κ2) is 13.2. The minimum absolute atomic E-state index is 0.0399. The smallest absolute Gasteiger partial charge is 0.393 e. The monoisotopic (exact) mass is 621 g/mol. The van der Waals surface area contributed by atoms with E-state index in [9.17, 15) is 22.4 Å². The van der Waals surface area contributed by atoms with E-state index in [2.05, 4.69) is 27.0 Å². The number of ether oxygens (including phenoxy) is 1. The van der Waals surface area contributed by atoms with Gasteiger partial charge in [0, 0.05) is 44.5 Å². The number of amides is 1. The molecular formula is C34H35F4N5O2. The highest BCUT2D eigenvalue weighted by molar-refractivity contribution is 6.00. The Balaban J connectivity index is 1.45. The Bertz CT molecular complexity index is 1690. The molecule has 0 bridgehead atoms. The van der Waals surface area contributed by atoms with Crippen molar-refractivity contribution >= 4 is 28.0 Å². The number of fused-ring (bicyclic) bond motifs is 1. The first-order valence-corrected chi connectivity index (χ1v) is 14.7. The fraction of sp³-hybridized carbons (Fsp3) is 0.324. The van der Waals surface area contributed by atoms with E-state index in [1.807, 2.05) is 6.08 Å². The van der Waals surface area contributed by atoms with Crippen LogP contribution in [0, 0.1) is 5.95 Å². The first kappa shape index (κ1) is 31.9. The van der Waals surface area contributed by atoms with Crippen molar-refractivity contribution in [2.45, 2.75) is 37.9 Å². The number of carbonyl (C=O) groups is 1. The molecule has 0 saturated heterocycles. The van der Waals surface area contributed by atoms with Gasteiger partial charge in [0.1, 0.15) is 6.61 Å². The lowest BCUT2D eigenvalue weighted by atomic mass is 9.88. The standard InChI is InChI=1S/C34H35F4N5O2/c1-4-43(18-8-11-30(44)42(2)3)33(16-17-33)22-45-29-15-13-25(21-39-29)31(24-12-14-28-26(19-24)32(35)41-40-28)27(20-34(36,37)38)23-9-6-5-7-10-23/h5-15,19,21H,4,16-18,20,22H2,1-3H3,(H,40,41)/b11-8+,31-27-. The van der Waals surface area contributed by atoms with Gasteiger partial charge in [-0.05, 0) is 59.9 Å². The number of aromatic nitrogens is 3. The number of aromatic amines is 1. The molecule has 2 aromatic carbocycles. The van der Waals surface area contributed by atoms with Gasteiger partial charge < -0.3 is 9.64 Å². The fourth-order valence-corrected chi connectivity index (χ4v) is 5.43. The van der Waals surface area contributed by atoms with Crippen LogP contribution in [0.3, 0.4) is 0 Å². The van der Waals surface area contributed by atoms with E-state index >= 15 is 0 Å². The van der Waals surface area contributed by atoms with Gasteiger partial charge in [-0.25, -0.2) is 4.98 Å². The maximum atomic E-state index is 14.5. The number of rotatable bonds is 12. The van der Waals surface area contributed by atoms with Crippen LogP contribution < -0.4 is 4.74 Å². The Labute approximate surface area is 259 Å². The third kappa shape index (κ3) is 7.59. The molecule has 1 amide bonds. The second-order valence-electron chi connectivity index (χ2n) is 11.4. The summed E-state index contributed by atoms with van der Waals surface area (Å²) in [5.41, 5.74) is 1.74. The largest absolute Gasteiger partial charge is 0.476 e. The first-order valence-electron chi connectivity index (χ1n) is 14.7. The van der Waals surface area contributed by atoms with Gasteiger partial charge in [0.2, 0.25) is 17.7 Å². The highest BCUT2D eigenvalue weighted by Crippen LogP contribution is 2.43. The molecule has 0 unspecified atom stereocenters. The van der Waals surface area contributed by atoms with Crippen molar-refractivity contribution < 1.29 is 27.1 Å². The van der Waals surface area contributed by atoms with E-state index in [4.69, 9.17) is 4.74 Å². The van der Waals surface area contributed by atoms with Crippen LogP contribution in [0.15, 0.2) is 79.0 Å². The van der Waals surface area contributed by atoms with Gasteiger partial charge in [0.25, 0.3) is 0 Å². The molecule has 7 nitrogen and oxygen atoms in total. The van der Waals surface area contributed by atoms with Crippen molar-refractivity contribution in [2.75, 3.05) is 33.8 Å². The van der Waals surface area contributed by atoms with Gasteiger partial charge in [-0.1, -0.05) is 49.4 Å². The van der Waals surface area contributed by atoms with E-state index < -0.39 is 18.5 Å². The highest BCUT2D eigenvalue weighted by Gasteiger charge is 2.48. The minimum atomic E-state index is -4.50. The number of hydrogen-bond donors (Lipinski definition) is 1. The zero-order valence-corrected chi connectivity index (χ0v) is 25.4. The number of hydrogen-bond acceptors (Lipinski definition) is 5. The summed E-state index contributed by atoms with van der Waals surface area (Å²) in [7, 11) is 3.41. The van der Waals surface area contributed by atoms with Crippen molar-refractivity contribution in [2.24, 2.45) is 0 Å². The summed E-state index contributed by atoms with van der Waals surface area (Å²) in [5.74, 6) is -0.405. The lowest BCUT2D eigenvalue weighted by Crippen LogP contribution is -2.42. The average molecular weight is 622 g/mol. The minimum Gasteiger partial charge on any atom is -0.476 e. The van der Waals surface area contributed by atoms with Crippen LogP contribution in [0.25, 0.3) is 22.0 Å². The number of likely N-dealkylation sites (N-methyl/N-ethyl adjacent to an activating group) is 2. The molecule has 1 aliphatic rings. The molecule has 5 rings (SSSR count). The van der Waals surface area contributed by atoms with E-state index in [0.717, 1.165) is 19.4 Å². The first-order chi connectivity index (χ1) is 21.5.